The molecule has 12 nitrogen and oxygen atoms in total. The van der Waals surface area contributed by atoms with E-state index < -0.39 is 13.2 Å². The molecule has 6 aromatic rings. The standard InChI is InChI=1S/C47H55FN7O5P/c1-7-61(58,8-2)42-12-10-36(29-40(42)51-19-23-60-24-20-51)53-17-18-54(47(53)57)45-43-32(5)52(16-13-38(43)49-55(45)37-25-30(3)44(48)31(4)26-37)46(56)41-28-35-27-34(9-11-39(35)50(41)6)33-14-21-59-22-15-33/h9-12,17-18,25-29,32-33H,7-8,13-16,19-24H2,1-6H3/t32-/m0/s1. The Morgan fingerprint density at radius 3 is 2.26 bits per heavy atom. The zero-order valence-electron chi connectivity index (χ0n) is 36.0. The number of carbonyl (C=O) groups is 1. The summed E-state index contributed by atoms with van der Waals surface area (Å²) in [5.74, 6) is 0.542. The molecule has 320 valence electrons. The van der Waals surface area contributed by atoms with Gasteiger partial charge in [-0.25, -0.2) is 13.9 Å². The average Bonchev–Trinajstić information content (AvgIpc) is 3.97. The van der Waals surface area contributed by atoms with E-state index in [1.807, 2.05) is 61.6 Å². The summed E-state index contributed by atoms with van der Waals surface area (Å²) in [5, 5.41) is 6.97. The summed E-state index contributed by atoms with van der Waals surface area (Å²) in [6.07, 6.45) is 7.01. The van der Waals surface area contributed by atoms with Crippen molar-refractivity contribution in [2.24, 2.45) is 7.05 Å². The summed E-state index contributed by atoms with van der Waals surface area (Å²) < 4.78 is 47.4. The highest BCUT2D eigenvalue weighted by atomic mass is 31.2. The smallest absolute Gasteiger partial charge is 0.338 e. The fourth-order valence-electron chi connectivity index (χ4n) is 9.76. The van der Waals surface area contributed by atoms with Gasteiger partial charge in [0, 0.05) is 98.5 Å². The monoisotopic (exact) mass is 847 g/mol. The molecule has 0 unspecified atom stereocenters. The van der Waals surface area contributed by atoms with Crippen LogP contribution in [0.25, 0.3) is 28.1 Å². The van der Waals surface area contributed by atoms with Gasteiger partial charge in [-0.1, -0.05) is 19.9 Å². The van der Waals surface area contributed by atoms with Gasteiger partial charge < -0.3 is 28.4 Å². The topological polar surface area (TPSA) is 109 Å². The highest BCUT2D eigenvalue weighted by Crippen LogP contribution is 2.47. The molecule has 3 aromatic heterocycles. The van der Waals surface area contributed by atoms with Gasteiger partial charge in [0.2, 0.25) is 0 Å². The summed E-state index contributed by atoms with van der Waals surface area (Å²) in [6, 6.07) is 17.3. The third-order valence-corrected chi connectivity index (χ3v) is 16.7. The second-order valence-electron chi connectivity index (χ2n) is 16.8. The first-order valence-corrected chi connectivity index (χ1v) is 23.7. The molecule has 6 heterocycles. The first-order valence-electron chi connectivity index (χ1n) is 21.7. The predicted octanol–water partition coefficient (Wildman–Crippen LogP) is 7.58. The average molecular weight is 848 g/mol. The van der Waals surface area contributed by atoms with Crippen LogP contribution in [0.3, 0.4) is 0 Å². The molecule has 2 fully saturated rings. The number of benzene rings is 3. The Hall–Kier alpha value is -5.23. The van der Waals surface area contributed by atoms with E-state index >= 15 is 4.39 Å². The van der Waals surface area contributed by atoms with E-state index in [1.54, 1.807) is 52.2 Å². The van der Waals surface area contributed by atoms with Crippen molar-refractivity contribution in [1.82, 2.24) is 28.4 Å². The Bertz CT molecular complexity index is 2740. The Morgan fingerprint density at radius 1 is 0.869 bits per heavy atom. The number of imidazole rings is 1. The molecule has 0 bridgehead atoms. The van der Waals surface area contributed by atoms with E-state index in [0.717, 1.165) is 59.2 Å². The molecule has 0 saturated carbocycles. The maximum absolute atomic E-state index is 15.1. The first kappa shape index (κ1) is 41.1. The number of fused-ring (bicyclic) bond motifs is 2. The van der Waals surface area contributed by atoms with E-state index in [9.17, 15) is 14.2 Å². The van der Waals surface area contributed by atoms with Crippen molar-refractivity contribution in [3.63, 3.8) is 0 Å². The van der Waals surface area contributed by atoms with Crippen LogP contribution in [0, 0.1) is 19.7 Å². The molecular formula is C47H55FN7O5P. The zero-order valence-corrected chi connectivity index (χ0v) is 36.9. The Kier molecular flexibility index (Phi) is 10.9. The third-order valence-electron chi connectivity index (χ3n) is 13.4. The van der Waals surface area contributed by atoms with Crippen LogP contribution in [0.2, 0.25) is 0 Å². The lowest BCUT2D eigenvalue weighted by atomic mass is 9.91. The second kappa shape index (κ2) is 16.2. The Balaban J connectivity index is 1.14. The quantitative estimate of drug-likeness (QED) is 0.138. The molecule has 9 rings (SSSR count). The Morgan fingerprint density at radius 2 is 1.56 bits per heavy atom. The lowest BCUT2D eigenvalue weighted by Gasteiger charge is -2.33. The maximum Gasteiger partial charge on any atom is 0.338 e. The van der Waals surface area contributed by atoms with E-state index in [4.69, 9.17) is 14.6 Å². The van der Waals surface area contributed by atoms with Crippen molar-refractivity contribution in [1.29, 1.82) is 0 Å². The van der Waals surface area contributed by atoms with Crippen LogP contribution < -0.4 is 15.9 Å². The number of amides is 1. The number of hydrogen-bond donors (Lipinski definition) is 0. The number of rotatable bonds is 9. The molecule has 0 radical (unpaired) electrons. The third kappa shape index (κ3) is 7.08. The molecule has 14 heteroatoms. The van der Waals surface area contributed by atoms with Gasteiger partial charge in [0.1, 0.15) is 24.5 Å². The molecule has 0 N–H and O–H groups in total. The van der Waals surface area contributed by atoms with E-state index in [-0.39, 0.29) is 17.4 Å². The number of morpholine rings is 1. The number of carbonyl (C=O) groups excluding carboxylic acids is 1. The molecule has 2 saturated heterocycles. The molecule has 1 amide bonds. The number of hydrogen-bond acceptors (Lipinski definition) is 7. The van der Waals surface area contributed by atoms with Gasteiger partial charge in [-0.2, -0.15) is 5.10 Å². The molecule has 3 aromatic carbocycles. The van der Waals surface area contributed by atoms with Gasteiger partial charge >= 0.3 is 5.69 Å². The van der Waals surface area contributed by atoms with Crippen LogP contribution in [0.15, 0.2) is 71.8 Å². The predicted molar refractivity (Wildman–Crippen MR) is 238 cm³/mol. The number of halogens is 1. The summed E-state index contributed by atoms with van der Waals surface area (Å²) >= 11 is 0. The van der Waals surface area contributed by atoms with Crippen LogP contribution in [-0.2, 0) is 27.5 Å². The van der Waals surface area contributed by atoms with E-state index in [0.29, 0.717) is 91.5 Å². The van der Waals surface area contributed by atoms with Crippen LogP contribution in [0.4, 0.5) is 10.1 Å². The van der Waals surface area contributed by atoms with Crippen molar-refractivity contribution in [3.05, 3.63) is 117 Å². The SMILES string of the molecule is CCP(=O)(CC)c1ccc(-n2ccn(-c3c4c(nn3-c3cc(C)c(F)c(C)c3)CCN(C(=O)c3cc5cc(C6CCOCC6)ccc5n3C)[C@H]4C)c2=O)cc1N1CCOCC1. The van der Waals surface area contributed by atoms with Gasteiger partial charge in [0.15, 0.2) is 0 Å². The normalized spacial score (nSPS) is 17.7. The highest BCUT2D eigenvalue weighted by Gasteiger charge is 2.37. The van der Waals surface area contributed by atoms with Crippen LogP contribution >= 0.6 is 7.14 Å². The zero-order chi connectivity index (χ0) is 42.7. The molecule has 3 aliphatic heterocycles. The summed E-state index contributed by atoms with van der Waals surface area (Å²) in [6.45, 7) is 13.8. The van der Waals surface area contributed by atoms with Crippen molar-refractivity contribution in [2.75, 3.05) is 63.3 Å². The van der Waals surface area contributed by atoms with E-state index in [2.05, 4.69) is 23.1 Å². The second-order valence-corrected chi connectivity index (χ2v) is 20.3. The maximum atomic E-state index is 15.1. The van der Waals surface area contributed by atoms with Gasteiger partial charge in [0.05, 0.1) is 36.3 Å². The van der Waals surface area contributed by atoms with Crippen molar-refractivity contribution < 1.29 is 23.2 Å². The molecule has 0 aliphatic carbocycles. The number of nitrogens with zero attached hydrogens (tertiary/aromatic N) is 7. The lowest BCUT2D eigenvalue weighted by molar-refractivity contribution is 0.0667. The van der Waals surface area contributed by atoms with Crippen LogP contribution in [0.5, 0.6) is 0 Å². The molecule has 0 spiro atoms. The highest BCUT2D eigenvalue weighted by molar-refractivity contribution is 7.71. The lowest BCUT2D eigenvalue weighted by Crippen LogP contribution is -2.40. The summed E-state index contributed by atoms with van der Waals surface area (Å²) in [4.78, 5) is 33.7. The fourth-order valence-corrected chi connectivity index (χ4v) is 11.9. The minimum absolute atomic E-state index is 0.103. The van der Waals surface area contributed by atoms with Gasteiger partial charge in [-0.3, -0.25) is 13.9 Å². The number of aryl methyl sites for hydroxylation is 3. The van der Waals surface area contributed by atoms with Gasteiger partial charge in [-0.05, 0) is 105 Å². The van der Waals surface area contributed by atoms with Gasteiger partial charge in [-0.15, -0.1) is 0 Å². The molecule has 61 heavy (non-hydrogen) atoms. The number of anilines is 1. The minimum atomic E-state index is -2.68. The fraction of sp³-hybridized carbons (Fsp3) is 0.426. The van der Waals surface area contributed by atoms with Gasteiger partial charge in [0.25, 0.3) is 5.91 Å². The van der Waals surface area contributed by atoms with Crippen molar-refractivity contribution in [3.8, 4) is 17.2 Å². The molecular weight excluding hydrogens is 793 g/mol. The summed E-state index contributed by atoms with van der Waals surface area (Å²) in [7, 11) is -0.737. The van der Waals surface area contributed by atoms with Crippen LogP contribution in [0.1, 0.15) is 84.0 Å². The number of aromatic nitrogens is 5. The minimum Gasteiger partial charge on any atom is -0.381 e. The van der Waals surface area contributed by atoms with Crippen molar-refractivity contribution in [2.45, 2.75) is 65.8 Å². The Labute approximate surface area is 355 Å². The number of ether oxygens (including phenoxy) is 2. The first-order chi connectivity index (χ1) is 29.4. The van der Waals surface area contributed by atoms with E-state index in [1.165, 1.54) is 5.56 Å². The summed E-state index contributed by atoms with van der Waals surface area (Å²) in [5.41, 5.74) is 7.11. The largest absolute Gasteiger partial charge is 0.381 e. The molecule has 1 atom stereocenters. The van der Waals surface area contributed by atoms with Crippen molar-refractivity contribution >= 4 is 34.9 Å². The van der Waals surface area contributed by atoms with Crippen LogP contribution in [-0.4, -0.2) is 92.7 Å². The molecule has 3 aliphatic rings.